The van der Waals surface area contributed by atoms with E-state index in [4.69, 9.17) is 5.73 Å². The molecule has 0 aliphatic rings. The van der Waals surface area contributed by atoms with Gasteiger partial charge in [-0.15, -0.1) is 0 Å². The second kappa shape index (κ2) is 6.70. The van der Waals surface area contributed by atoms with Crippen molar-refractivity contribution in [1.29, 1.82) is 0 Å². The van der Waals surface area contributed by atoms with Crippen LogP contribution >= 0.6 is 0 Å². The maximum Gasteiger partial charge on any atom is 0.221 e. The zero-order chi connectivity index (χ0) is 14.4. The van der Waals surface area contributed by atoms with Crippen LogP contribution in [-0.4, -0.2) is 27.0 Å². The molecular weight excluding hydrogens is 254 g/mol. The highest BCUT2D eigenvalue weighted by Crippen LogP contribution is 2.23. The lowest BCUT2D eigenvalue weighted by Crippen LogP contribution is -2.25. The standard InChI is InChI=1S/C14H19N5O/c1-2-6-17-13(20)5-8-19-10-16-9-12(19)11-4-3-7-18-14(11)15/h3-4,7,9-10H,2,5-6,8H2,1H3,(H2,15,18)(H,17,20). The van der Waals surface area contributed by atoms with Crippen LogP contribution in [0.25, 0.3) is 11.3 Å². The van der Waals surface area contributed by atoms with Gasteiger partial charge in [-0.05, 0) is 18.6 Å². The monoisotopic (exact) mass is 273 g/mol. The van der Waals surface area contributed by atoms with E-state index in [1.165, 1.54) is 0 Å². The molecule has 2 rings (SSSR count). The topological polar surface area (TPSA) is 85.8 Å². The van der Waals surface area contributed by atoms with Gasteiger partial charge in [0.05, 0.1) is 18.2 Å². The first kappa shape index (κ1) is 14.0. The van der Waals surface area contributed by atoms with E-state index in [0.717, 1.165) is 17.7 Å². The minimum atomic E-state index is 0.0469. The summed E-state index contributed by atoms with van der Waals surface area (Å²) in [5.74, 6) is 0.510. The zero-order valence-corrected chi connectivity index (χ0v) is 11.5. The third kappa shape index (κ3) is 3.34. The van der Waals surface area contributed by atoms with Crippen LogP contribution in [0.4, 0.5) is 5.82 Å². The van der Waals surface area contributed by atoms with E-state index in [-0.39, 0.29) is 5.91 Å². The van der Waals surface area contributed by atoms with E-state index >= 15 is 0 Å². The van der Waals surface area contributed by atoms with Gasteiger partial charge in [0.15, 0.2) is 0 Å². The molecule has 0 saturated carbocycles. The summed E-state index contributed by atoms with van der Waals surface area (Å²) >= 11 is 0. The van der Waals surface area contributed by atoms with Crippen LogP contribution in [0.2, 0.25) is 0 Å². The minimum Gasteiger partial charge on any atom is -0.383 e. The second-order valence-electron chi connectivity index (χ2n) is 4.51. The highest BCUT2D eigenvalue weighted by atomic mass is 16.1. The molecule has 2 aromatic heterocycles. The van der Waals surface area contributed by atoms with Gasteiger partial charge >= 0.3 is 0 Å². The van der Waals surface area contributed by atoms with Crippen LogP contribution < -0.4 is 11.1 Å². The van der Waals surface area contributed by atoms with Crippen molar-refractivity contribution in [3.05, 3.63) is 30.9 Å². The van der Waals surface area contributed by atoms with Gasteiger partial charge < -0.3 is 15.6 Å². The Morgan fingerprint density at radius 3 is 3.10 bits per heavy atom. The van der Waals surface area contributed by atoms with Crippen LogP contribution in [-0.2, 0) is 11.3 Å². The van der Waals surface area contributed by atoms with Gasteiger partial charge in [-0.25, -0.2) is 9.97 Å². The first-order valence-corrected chi connectivity index (χ1v) is 6.70. The lowest BCUT2D eigenvalue weighted by Gasteiger charge is -2.09. The predicted octanol–water partition coefficient (Wildman–Crippen LogP) is 1.44. The summed E-state index contributed by atoms with van der Waals surface area (Å²) in [6.45, 7) is 3.31. The Bertz CT molecular complexity index is 578. The van der Waals surface area contributed by atoms with Gasteiger partial charge in [-0.1, -0.05) is 6.92 Å². The highest BCUT2D eigenvalue weighted by Gasteiger charge is 2.10. The van der Waals surface area contributed by atoms with Crippen molar-refractivity contribution in [2.45, 2.75) is 26.3 Å². The summed E-state index contributed by atoms with van der Waals surface area (Å²) in [5, 5.41) is 2.86. The quantitative estimate of drug-likeness (QED) is 0.834. The number of hydrogen-bond donors (Lipinski definition) is 2. The molecule has 2 heterocycles. The fraction of sp³-hybridized carbons (Fsp3) is 0.357. The normalized spacial score (nSPS) is 10.4. The SMILES string of the molecule is CCCNC(=O)CCn1cncc1-c1cccnc1N. The Hall–Kier alpha value is -2.37. The number of carbonyl (C=O) groups excluding carboxylic acids is 1. The van der Waals surface area contributed by atoms with Crippen LogP contribution in [0.5, 0.6) is 0 Å². The summed E-state index contributed by atoms with van der Waals surface area (Å²) in [5.41, 5.74) is 7.58. The van der Waals surface area contributed by atoms with Crippen molar-refractivity contribution in [3.8, 4) is 11.3 Å². The number of nitrogens with two attached hydrogens (primary N) is 1. The molecule has 0 fully saturated rings. The Labute approximate surface area is 118 Å². The van der Waals surface area contributed by atoms with E-state index < -0.39 is 0 Å². The van der Waals surface area contributed by atoms with Gasteiger partial charge in [-0.3, -0.25) is 4.79 Å². The van der Waals surface area contributed by atoms with E-state index in [9.17, 15) is 4.79 Å². The first-order chi connectivity index (χ1) is 9.72. The van der Waals surface area contributed by atoms with Gasteiger partial charge in [-0.2, -0.15) is 0 Å². The highest BCUT2D eigenvalue weighted by molar-refractivity contribution is 5.76. The molecule has 0 radical (unpaired) electrons. The fourth-order valence-electron chi connectivity index (χ4n) is 1.93. The molecule has 106 valence electrons. The third-order valence-corrected chi connectivity index (χ3v) is 2.98. The molecule has 3 N–H and O–H groups in total. The Morgan fingerprint density at radius 1 is 1.50 bits per heavy atom. The molecule has 0 saturated heterocycles. The smallest absolute Gasteiger partial charge is 0.221 e. The first-order valence-electron chi connectivity index (χ1n) is 6.70. The summed E-state index contributed by atoms with van der Waals surface area (Å²) < 4.78 is 1.92. The van der Waals surface area contributed by atoms with Gasteiger partial charge in [0.2, 0.25) is 5.91 Å². The van der Waals surface area contributed by atoms with Gasteiger partial charge in [0.25, 0.3) is 0 Å². The summed E-state index contributed by atoms with van der Waals surface area (Å²) in [4.78, 5) is 19.8. The molecule has 1 amide bonds. The molecule has 0 aliphatic carbocycles. The number of carbonyl (C=O) groups is 1. The molecule has 20 heavy (non-hydrogen) atoms. The van der Waals surface area contributed by atoms with Gasteiger partial charge in [0, 0.05) is 31.3 Å². The molecule has 0 spiro atoms. The molecule has 2 aromatic rings. The molecular formula is C14H19N5O. The van der Waals surface area contributed by atoms with Crippen LogP contribution in [0, 0.1) is 0 Å². The number of pyridine rings is 1. The summed E-state index contributed by atoms with van der Waals surface area (Å²) in [6, 6.07) is 3.73. The number of amides is 1. The number of aryl methyl sites for hydroxylation is 1. The third-order valence-electron chi connectivity index (χ3n) is 2.98. The molecule has 0 unspecified atom stereocenters. The fourth-order valence-corrected chi connectivity index (χ4v) is 1.93. The van der Waals surface area contributed by atoms with Crippen molar-refractivity contribution in [3.63, 3.8) is 0 Å². The lowest BCUT2D eigenvalue weighted by atomic mass is 10.2. The van der Waals surface area contributed by atoms with E-state index in [1.807, 2.05) is 23.6 Å². The van der Waals surface area contributed by atoms with Crippen molar-refractivity contribution >= 4 is 11.7 Å². The Kier molecular flexibility index (Phi) is 4.70. The minimum absolute atomic E-state index is 0.0469. The lowest BCUT2D eigenvalue weighted by molar-refractivity contribution is -0.121. The molecule has 0 bridgehead atoms. The Balaban J connectivity index is 2.06. The number of anilines is 1. The molecule has 0 atom stereocenters. The molecule has 6 heteroatoms. The van der Waals surface area contributed by atoms with Crippen molar-refractivity contribution in [1.82, 2.24) is 19.9 Å². The zero-order valence-electron chi connectivity index (χ0n) is 11.5. The number of imidazole rings is 1. The molecule has 0 aromatic carbocycles. The van der Waals surface area contributed by atoms with Crippen LogP contribution in [0.15, 0.2) is 30.9 Å². The van der Waals surface area contributed by atoms with Crippen molar-refractivity contribution in [2.24, 2.45) is 0 Å². The van der Waals surface area contributed by atoms with Crippen LogP contribution in [0.1, 0.15) is 19.8 Å². The number of aromatic nitrogens is 3. The predicted molar refractivity (Wildman–Crippen MR) is 77.8 cm³/mol. The maximum atomic E-state index is 11.6. The number of nitrogens with zero attached hydrogens (tertiary/aromatic N) is 3. The number of hydrogen-bond acceptors (Lipinski definition) is 4. The van der Waals surface area contributed by atoms with E-state index in [0.29, 0.717) is 25.3 Å². The van der Waals surface area contributed by atoms with Crippen molar-refractivity contribution in [2.75, 3.05) is 12.3 Å². The van der Waals surface area contributed by atoms with E-state index in [1.54, 1.807) is 18.7 Å². The van der Waals surface area contributed by atoms with Crippen molar-refractivity contribution < 1.29 is 4.79 Å². The maximum absolute atomic E-state index is 11.6. The van der Waals surface area contributed by atoms with Crippen LogP contribution in [0.3, 0.4) is 0 Å². The second-order valence-corrected chi connectivity index (χ2v) is 4.51. The number of nitrogen functional groups attached to an aromatic ring is 1. The Morgan fingerprint density at radius 2 is 2.35 bits per heavy atom. The summed E-state index contributed by atoms with van der Waals surface area (Å²) in [7, 11) is 0. The number of nitrogens with one attached hydrogen (secondary N) is 1. The number of rotatable bonds is 6. The largest absolute Gasteiger partial charge is 0.383 e. The molecule has 6 nitrogen and oxygen atoms in total. The average Bonchev–Trinajstić information content (AvgIpc) is 2.91. The van der Waals surface area contributed by atoms with Gasteiger partial charge in [0.1, 0.15) is 5.82 Å². The molecule has 0 aliphatic heterocycles. The summed E-state index contributed by atoms with van der Waals surface area (Å²) in [6.07, 6.45) is 6.45. The average molecular weight is 273 g/mol. The van der Waals surface area contributed by atoms with E-state index in [2.05, 4.69) is 15.3 Å².